The van der Waals surface area contributed by atoms with Crippen LogP contribution in [0.3, 0.4) is 0 Å². The van der Waals surface area contributed by atoms with Gasteiger partial charge in [-0.05, 0) is 22.1 Å². The van der Waals surface area contributed by atoms with Crippen molar-refractivity contribution >= 4 is 5.97 Å². The van der Waals surface area contributed by atoms with Crippen LogP contribution in [0.5, 0.6) is 0 Å². The van der Waals surface area contributed by atoms with Crippen molar-refractivity contribution in [1.29, 1.82) is 0 Å². The molecule has 1 aromatic carbocycles. The maximum absolute atomic E-state index is 10.9. The summed E-state index contributed by atoms with van der Waals surface area (Å²) in [7, 11) is 0. The van der Waals surface area contributed by atoms with Gasteiger partial charge < -0.3 is 5.11 Å². The first-order valence-corrected chi connectivity index (χ1v) is 5.98. The number of aromatic nitrogens is 4. The Labute approximate surface area is 111 Å². The van der Waals surface area contributed by atoms with Crippen LogP contribution in [-0.2, 0) is 16.6 Å². The first-order chi connectivity index (χ1) is 8.89. The Bertz CT molecular complexity index is 599. The predicted octanol–water partition coefficient (Wildman–Crippen LogP) is 1.59. The lowest BCUT2D eigenvalue weighted by atomic mass is 9.95. The van der Waals surface area contributed by atoms with Crippen molar-refractivity contribution in [1.82, 2.24) is 20.2 Å². The average Bonchev–Trinajstić information content (AvgIpc) is 2.77. The Hall–Kier alpha value is -2.24. The van der Waals surface area contributed by atoms with Gasteiger partial charge in [-0.3, -0.25) is 4.79 Å². The molecule has 0 spiro atoms. The molecule has 2 aromatic rings. The zero-order chi connectivity index (χ0) is 14.0. The maximum atomic E-state index is 10.9. The highest BCUT2D eigenvalue weighted by Gasteiger charge is 2.24. The normalized spacial score (nSPS) is 11.5. The SMILES string of the molecule is CC(C)(C)c1nnnn1-c1ccccc1CC(=O)O. The van der Waals surface area contributed by atoms with E-state index in [-0.39, 0.29) is 11.8 Å². The van der Waals surface area contributed by atoms with Crippen LogP contribution >= 0.6 is 0 Å². The molecule has 0 saturated carbocycles. The van der Waals surface area contributed by atoms with Crippen LogP contribution in [0.15, 0.2) is 24.3 Å². The third-order valence-corrected chi connectivity index (χ3v) is 2.70. The topological polar surface area (TPSA) is 80.9 Å². The van der Waals surface area contributed by atoms with Gasteiger partial charge in [-0.25, -0.2) is 0 Å². The molecule has 0 atom stereocenters. The quantitative estimate of drug-likeness (QED) is 0.906. The lowest BCUT2D eigenvalue weighted by Gasteiger charge is -2.18. The summed E-state index contributed by atoms with van der Waals surface area (Å²) in [4.78, 5) is 10.9. The summed E-state index contributed by atoms with van der Waals surface area (Å²) in [5.41, 5.74) is 1.17. The lowest BCUT2D eigenvalue weighted by Crippen LogP contribution is -2.20. The van der Waals surface area contributed by atoms with Crippen LogP contribution in [-0.4, -0.2) is 31.3 Å². The van der Waals surface area contributed by atoms with Crippen molar-refractivity contribution in [3.8, 4) is 5.69 Å². The highest BCUT2D eigenvalue weighted by atomic mass is 16.4. The molecule has 0 saturated heterocycles. The van der Waals surface area contributed by atoms with Crippen molar-refractivity contribution < 1.29 is 9.90 Å². The lowest BCUT2D eigenvalue weighted by molar-refractivity contribution is -0.136. The number of benzene rings is 1. The minimum absolute atomic E-state index is 0.0559. The maximum Gasteiger partial charge on any atom is 0.307 e. The number of nitrogens with zero attached hydrogens (tertiary/aromatic N) is 4. The molecule has 2 rings (SSSR count). The van der Waals surface area contributed by atoms with Crippen molar-refractivity contribution in [2.45, 2.75) is 32.6 Å². The number of hydrogen-bond donors (Lipinski definition) is 1. The molecule has 100 valence electrons. The minimum atomic E-state index is -0.877. The fraction of sp³-hybridized carbons (Fsp3) is 0.385. The van der Waals surface area contributed by atoms with Gasteiger partial charge in [-0.1, -0.05) is 39.0 Å². The molecule has 0 unspecified atom stereocenters. The van der Waals surface area contributed by atoms with Crippen molar-refractivity contribution in [2.75, 3.05) is 0 Å². The summed E-state index contributed by atoms with van der Waals surface area (Å²) < 4.78 is 1.61. The van der Waals surface area contributed by atoms with E-state index in [1.54, 1.807) is 10.7 Å². The third kappa shape index (κ3) is 2.78. The smallest absolute Gasteiger partial charge is 0.307 e. The fourth-order valence-electron chi connectivity index (χ4n) is 1.85. The van der Waals surface area contributed by atoms with Gasteiger partial charge in [0.2, 0.25) is 0 Å². The fourth-order valence-corrected chi connectivity index (χ4v) is 1.85. The molecule has 0 amide bonds. The van der Waals surface area contributed by atoms with Crippen LogP contribution in [0.1, 0.15) is 32.2 Å². The van der Waals surface area contributed by atoms with Gasteiger partial charge in [0.1, 0.15) is 0 Å². The number of aliphatic carboxylic acids is 1. The van der Waals surface area contributed by atoms with Gasteiger partial charge in [0.05, 0.1) is 12.1 Å². The minimum Gasteiger partial charge on any atom is -0.481 e. The van der Waals surface area contributed by atoms with E-state index in [0.29, 0.717) is 17.1 Å². The standard InChI is InChI=1S/C13H16N4O2/c1-13(2,3)12-14-15-16-17(12)10-7-5-4-6-9(10)8-11(18)19/h4-7H,8H2,1-3H3,(H,18,19). The summed E-state index contributed by atoms with van der Waals surface area (Å²) in [6, 6.07) is 7.25. The monoisotopic (exact) mass is 260 g/mol. The molecule has 0 aliphatic carbocycles. The van der Waals surface area contributed by atoms with Gasteiger partial charge in [-0.2, -0.15) is 4.68 Å². The van der Waals surface area contributed by atoms with E-state index in [0.717, 1.165) is 0 Å². The molecule has 0 fully saturated rings. The molecule has 0 bridgehead atoms. The van der Waals surface area contributed by atoms with E-state index in [2.05, 4.69) is 15.5 Å². The molecule has 6 heteroatoms. The average molecular weight is 260 g/mol. The molecule has 0 radical (unpaired) electrons. The predicted molar refractivity (Wildman–Crippen MR) is 69.2 cm³/mol. The van der Waals surface area contributed by atoms with Crippen molar-refractivity contribution in [2.24, 2.45) is 0 Å². The van der Waals surface area contributed by atoms with E-state index in [9.17, 15) is 4.79 Å². The third-order valence-electron chi connectivity index (χ3n) is 2.70. The number of para-hydroxylation sites is 1. The Morgan fingerprint density at radius 1 is 1.32 bits per heavy atom. The van der Waals surface area contributed by atoms with E-state index in [1.807, 2.05) is 39.0 Å². The molecule has 0 aliphatic heterocycles. The van der Waals surface area contributed by atoms with Gasteiger partial charge in [0, 0.05) is 5.41 Å². The molecular weight excluding hydrogens is 244 g/mol. The first kappa shape index (κ1) is 13.2. The summed E-state index contributed by atoms with van der Waals surface area (Å²) in [5.74, 6) is -0.178. The van der Waals surface area contributed by atoms with Crippen LogP contribution in [0.2, 0.25) is 0 Å². The number of carboxylic acids is 1. The molecule has 6 nitrogen and oxygen atoms in total. The van der Waals surface area contributed by atoms with E-state index in [4.69, 9.17) is 5.11 Å². The van der Waals surface area contributed by atoms with Gasteiger partial charge in [0.15, 0.2) is 5.82 Å². The van der Waals surface area contributed by atoms with E-state index < -0.39 is 5.97 Å². The summed E-state index contributed by atoms with van der Waals surface area (Å²) in [5, 5.41) is 20.7. The molecule has 0 aliphatic rings. The number of rotatable bonds is 3. The highest BCUT2D eigenvalue weighted by molar-refractivity contribution is 5.71. The number of tetrazole rings is 1. The van der Waals surface area contributed by atoms with Gasteiger partial charge in [-0.15, -0.1) is 5.10 Å². The van der Waals surface area contributed by atoms with Crippen LogP contribution in [0, 0.1) is 0 Å². The largest absolute Gasteiger partial charge is 0.481 e. The Morgan fingerprint density at radius 2 is 2.00 bits per heavy atom. The molecule has 19 heavy (non-hydrogen) atoms. The second-order valence-electron chi connectivity index (χ2n) is 5.36. The molecule has 1 heterocycles. The number of carbonyl (C=O) groups is 1. The van der Waals surface area contributed by atoms with Crippen molar-refractivity contribution in [3.05, 3.63) is 35.7 Å². The molecular formula is C13H16N4O2. The van der Waals surface area contributed by atoms with Gasteiger partial charge >= 0.3 is 5.97 Å². The van der Waals surface area contributed by atoms with E-state index in [1.165, 1.54) is 0 Å². The second-order valence-corrected chi connectivity index (χ2v) is 5.36. The van der Waals surface area contributed by atoms with Crippen molar-refractivity contribution in [3.63, 3.8) is 0 Å². The summed E-state index contributed by atoms with van der Waals surface area (Å²) in [6.07, 6.45) is -0.0559. The zero-order valence-corrected chi connectivity index (χ0v) is 11.2. The Balaban J connectivity index is 2.54. The van der Waals surface area contributed by atoms with Crippen LogP contribution < -0.4 is 0 Å². The van der Waals surface area contributed by atoms with Crippen LogP contribution in [0.4, 0.5) is 0 Å². The van der Waals surface area contributed by atoms with Crippen LogP contribution in [0.25, 0.3) is 5.69 Å². The second kappa shape index (κ2) is 4.79. The number of carboxylic acid groups (broad SMARTS) is 1. The first-order valence-electron chi connectivity index (χ1n) is 5.98. The molecule has 1 aromatic heterocycles. The van der Waals surface area contributed by atoms with E-state index >= 15 is 0 Å². The highest BCUT2D eigenvalue weighted by Crippen LogP contribution is 2.23. The zero-order valence-electron chi connectivity index (χ0n) is 11.2. The molecule has 1 N–H and O–H groups in total. The number of hydrogen-bond acceptors (Lipinski definition) is 4. The summed E-state index contributed by atoms with van der Waals surface area (Å²) >= 11 is 0. The Kier molecular flexibility index (Phi) is 3.33. The Morgan fingerprint density at radius 3 is 2.63 bits per heavy atom. The van der Waals surface area contributed by atoms with Gasteiger partial charge in [0.25, 0.3) is 0 Å². The summed E-state index contributed by atoms with van der Waals surface area (Å²) in [6.45, 7) is 6.03.